The molecule has 0 saturated heterocycles. The summed E-state index contributed by atoms with van der Waals surface area (Å²) in [5.74, 6) is 0. The van der Waals surface area contributed by atoms with Crippen molar-refractivity contribution in [2.75, 3.05) is 20.3 Å². The predicted octanol–water partition coefficient (Wildman–Crippen LogP) is 4.19. The quantitative estimate of drug-likeness (QED) is 0.525. The molecule has 158 valence electrons. The fourth-order valence-corrected chi connectivity index (χ4v) is 4.61. The molecule has 2 aromatic rings. The SMILES string of the molecule is COCCCNC(=S)N(Cc1cc2c(C)cc(C)cc2[nH]c1=O)C1CCCCC1. The molecule has 1 fully saturated rings. The molecule has 0 spiro atoms. The van der Waals surface area contributed by atoms with Gasteiger partial charge >= 0.3 is 0 Å². The number of rotatable bonds is 7. The molecule has 2 N–H and O–H groups in total. The van der Waals surface area contributed by atoms with Gasteiger partial charge in [-0.05, 0) is 68.6 Å². The van der Waals surface area contributed by atoms with E-state index in [0.29, 0.717) is 19.2 Å². The Balaban J connectivity index is 1.85. The molecule has 6 heteroatoms. The van der Waals surface area contributed by atoms with E-state index in [0.717, 1.165) is 52.9 Å². The van der Waals surface area contributed by atoms with Crippen molar-refractivity contribution in [3.05, 3.63) is 45.2 Å². The van der Waals surface area contributed by atoms with E-state index in [1.165, 1.54) is 24.8 Å². The van der Waals surface area contributed by atoms with Crippen molar-refractivity contribution in [1.82, 2.24) is 15.2 Å². The van der Waals surface area contributed by atoms with Gasteiger partial charge in [0.1, 0.15) is 0 Å². The second-order valence-electron chi connectivity index (χ2n) is 8.16. The zero-order valence-corrected chi connectivity index (χ0v) is 18.7. The van der Waals surface area contributed by atoms with E-state index in [9.17, 15) is 4.79 Å². The van der Waals surface area contributed by atoms with Gasteiger partial charge in [0.25, 0.3) is 5.56 Å². The minimum Gasteiger partial charge on any atom is -0.385 e. The third-order valence-corrected chi connectivity index (χ3v) is 6.19. The summed E-state index contributed by atoms with van der Waals surface area (Å²) in [6.07, 6.45) is 6.89. The second kappa shape index (κ2) is 10.2. The molecule has 0 radical (unpaired) electrons. The van der Waals surface area contributed by atoms with Crippen LogP contribution in [0.2, 0.25) is 0 Å². The summed E-state index contributed by atoms with van der Waals surface area (Å²) < 4.78 is 5.13. The van der Waals surface area contributed by atoms with Crippen LogP contribution in [0.15, 0.2) is 23.0 Å². The largest absolute Gasteiger partial charge is 0.385 e. The Morgan fingerprint density at radius 3 is 2.72 bits per heavy atom. The smallest absolute Gasteiger partial charge is 0.253 e. The first-order valence-electron chi connectivity index (χ1n) is 10.7. The first kappa shape index (κ1) is 21.8. The van der Waals surface area contributed by atoms with E-state index >= 15 is 0 Å². The van der Waals surface area contributed by atoms with Gasteiger partial charge in [0, 0.05) is 42.8 Å². The second-order valence-corrected chi connectivity index (χ2v) is 8.55. The highest BCUT2D eigenvalue weighted by molar-refractivity contribution is 7.80. The lowest BCUT2D eigenvalue weighted by molar-refractivity contribution is 0.194. The van der Waals surface area contributed by atoms with Crippen LogP contribution in [0.3, 0.4) is 0 Å². The summed E-state index contributed by atoms with van der Waals surface area (Å²) in [6, 6.07) is 6.63. The van der Waals surface area contributed by atoms with Gasteiger partial charge in [0.15, 0.2) is 5.11 Å². The first-order chi connectivity index (χ1) is 14.0. The van der Waals surface area contributed by atoms with E-state index < -0.39 is 0 Å². The van der Waals surface area contributed by atoms with Gasteiger partial charge in [-0.2, -0.15) is 0 Å². The van der Waals surface area contributed by atoms with E-state index in [1.807, 2.05) is 12.1 Å². The molecule has 5 nitrogen and oxygen atoms in total. The molecule has 1 saturated carbocycles. The number of ether oxygens (including phenoxy) is 1. The number of aromatic nitrogens is 1. The Kier molecular flexibility index (Phi) is 7.67. The summed E-state index contributed by atoms with van der Waals surface area (Å²) >= 11 is 5.75. The maximum absolute atomic E-state index is 12.8. The minimum atomic E-state index is -0.0227. The third kappa shape index (κ3) is 5.58. The van der Waals surface area contributed by atoms with Gasteiger partial charge in [0.05, 0.1) is 6.54 Å². The number of nitrogens with zero attached hydrogens (tertiary/aromatic N) is 1. The Labute approximate surface area is 178 Å². The zero-order chi connectivity index (χ0) is 20.8. The van der Waals surface area contributed by atoms with Gasteiger partial charge in [-0.3, -0.25) is 4.79 Å². The van der Waals surface area contributed by atoms with E-state index in [2.05, 4.69) is 35.1 Å². The van der Waals surface area contributed by atoms with Crippen LogP contribution in [-0.4, -0.2) is 41.3 Å². The number of benzene rings is 1. The molecular weight excluding hydrogens is 382 g/mol. The highest BCUT2D eigenvalue weighted by Gasteiger charge is 2.24. The van der Waals surface area contributed by atoms with Gasteiger partial charge in [-0.25, -0.2) is 0 Å². The lowest BCUT2D eigenvalue weighted by Gasteiger charge is -2.36. The predicted molar refractivity (Wildman–Crippen MR) is 124 cm³/mol. The summed E-state index contributed by atoms with van der Waals surface area (Å²) in [5.41, 5.74) is 3.99. The van der Waals surface area contributed by atoms with Gasteiger partial charge in [-0.15, -0.1) is 0 Å². The van der Waals surface area contributed by atoms with Crippen LogP contribution >= 0.6 is 12.2 Å². The summed E-state index contributed by atoms with van der Waals surface area (Å²) in [4.78, 5) is 18.2. The van der Waals surface area contributed by atoms with E-state index in [4.69, 9.17) is 17.0 Å². The number of aryl methyl sites for hydroxylation is 2. The number of thiocarbonyl (C=S) groups is 1. The van der Waals surface area contributed by atoms with Crippen LogP contribution < -0.4 is 10.9 Å². The van der Waals surface area contributed by atoms with E-state index in [1.54, 1.807) is 7.11 Å². The van der Waals surface area contributed by atoms with Crippen LogP contribution in [0, 0.1) is 13.8 Å². The standard InChI is InChI=1S/C23H33N3O2S/c1-16-12-17(2)20-14-18(22(27)25-21(20)13-16)15-26(19-8-5-4-6-9-19)23(29)24-10-7-11-28-3/h12-14,19H,4-11,15H2,1-3H3,(H,24,29)(H,25,27). The number of H-pyrrole nitrogens is 1. The average Bonchev–Trinajstić information content (AvgIpc) is 2.70. The van der Waals surface area contributed by atoms with Crippen molar-refractivity contribution in [2.45, 2.75) is 65.0 Å². The highest BCUT2D eigenvalue weighted by atomic mass is 32.1. The average molecular weight is 416 g/mol. The number of hydrogen-bond acceptors (Lipinski definition) is 3. The number of nitrogens with one attached hydrogen (secondary N) is 2. The van der Waals surface area contributed by atoms with Gasteiger partial charge in [-0.1, -0.05) is 25.3 Å². The molecule has 0 atom stereocenters. The first-order valence-corrected chi connectivity index (χ1v) is 11.1. The zero-order valence-electron chi connectivity index (χ0n) is 17.8. The van der Waals surface area contributed by atoms with Crippen molar-refractivity contribution < 1.29 is 4.74 Å². The molecule has 0 amide bonds. The van der Waals surface area contributed by atoms with Crippen LogP contribution in [0.25, 0.3) is 10.9 Å². The molecule has 0 aliphatic heterocycles. The maximum Gasteiger partial charge on any atom is 0.253 e. The minimum absolute atomic E-state index is 0.0227. The number of pyridine rings is 1. The lowest BCUT2D eigenvalue weighted by atomic mass is 9.94. The summed E-state index contributed by atoms with van der Waals surface area (Å²) in [5, 5.41) is 5.22. The van der Waals surface area contributed by atoms with Crippen LogP contribution in [0.1, 0.15) is 55.2 Å². The number of hydrogen-bond donors (Lipinski definition) is 2. The molecule has 1 heterocycles. The Bertz CT molecular complexity index is 903. The fraction of sp³-hybridized carbons (Fsp3) is 0.565. The Hall–Kier alpha value is -1.92. The molecule has 1 aromatic carbocycles. The summed E-state index contributed by atoms with van der Waals surface area (Å²) in [6.45, 7) is 6.18. The van der Waals surface area contributed by atoms with Crippen molar-refractivity contribution in [3.8, 4) is 0 Å². The van der Waals surface area contributed by atoms with Crippen LogP contribution in [-0.2, 0) is 11.3 Å². The molecule has 1 aromatic heterocycles. The number of methoxy groups -OCH3 is 1. The molecule has 3 rings (SSSR count). The van der Waals surface area contributed by atoms with E-state index in [-0.39, 0.29) is 5.56 Å². The molecule has 1 aliphatic rings. The number of aromatic amines is 1. The van der Waals surface area contributed by atoms with Crippen molar-refractivity contribution in [2.24, 2.45) is 0 Å². The third-order valence-electron chi connectivity index (χ3n) is 5.81. The molecule has 29 heavy (non-hydrogen) atoms. The Morgan fingerprint density at radius 1 is 1.24 bits per heavy atom. The topological polar surface area (TPSA) is 57.4 Å². The maximum atomic E-state index is 12.8. The summed E-state index contributed by atoms with van der Waals surface area (Å²) in [7, 11) is 1.71. The monoisotopic (exact) mass is 415 g/mol. The fourth-order valence-electron chi connectivity index (χ4n) is 4.29. The van der Waals surface area contributed by atoms with Gasteiger partial charge in [0.2, 0.25) is 0 Å². The lowest BCUT2D eigenvalue weighted by Crippen LogP contribution is -2.47. The van der Waals surface area contributed by atoms with Gasteiger partial charge < -0.3 is 19.9 Å². The molecule has 1 aliphatic carbocycles. The normalized spacial score (nSPS) is 14.9. The molecular formula is C23H33N3O2S. The molecule has 0 bridgehead atoms. The van der Waals surface area contributed by atoms with Crippen LogP contribution in [0.5, 0.6) is 0 Å². The molecule has 0 unspecified atom stereocenters. The van der Waals surface area contributed by atoms with Crippen molar-refractivity contribution in [1.29, 1.82) is 0 Å². The number of fused-ring (bicyclic) bond motifs is 1. The van der Waals surface area contributed by atoms with Crippen molar-refractivity contribution >= 4 is 28.2 Å². The Morgan fingerprint density at radius 2 is 2.00 bits per heavy atom. The highest BCUT2D eigenvalue weighted by Crippen LogP contribution is 2.25. The van der Waals surface area contributed by atoms with Crippen LogP contribution in [0.4, 0.5) is 0 Å². The van der Waals surface area contributed by atoms with Crippen molar-refractivity contribution in [3.63, 3.8) is 0 Å².